The van der Waals surface area contributed by atoms with Gasteiger partial charge in [-0.2, -0.15) is 0 Å². The van der Waals surface area contributed by atoms with Crippen molar-refractivity contribution in [2.24, 2.45) is 0 Å². The second-order valence-electron chi connectivity index (χ2n) is 4.70. The molecule has 1 heterocycles. The van der Waals surface area contributed by atoms with Gasteiger partial charge in [0.1, 0.15) is 0 Å². The van der Waals surface area contributed by atoms with Crippen LogP contribution in [0.25, 0.3) is 0 Å². The van der Waals surface area contributed by atoms with Gasteiger partial charge < -0.3 is 4.74 Å². The highest BCUT2D eigenvalue weighted by Crippen LogP contribution is 2.21. The van der Waals surface area contributed by atoms with Gasteiger partial charge in [0.25, 0.3) is 0 Å². The normalized spacial score (nSPS) is 13.3. The van der Waals surface area contributed by atoms with Gasteiger partial charge >= 0.3 is 0 Å². The zero-order valence-electron chi connectivity index (χ0n) is 10.4. The molecule has 0 aliphatic carbocycles. The van der Waals surface area contributed by atoms with Crippen molar-refractivity contribution >= 4 is 17.4 Å². The average Bonchev–Trinajstić information content (AvgIpc) is 2.88. The average molecular weight is 273 g/mol. The Morgan fingerprint density at radius 2 is 1.79 bits per heavy atom. The Bertz CT molecular complexity index is 617. The van der Waals surface area contributed by atoms with Gasteiger partial charge in [-0.1, -0.05) is 35.9 Å². The molecule has 19 heavy (non-hydrogen) atoms. The van der Waals surface area contributed by atoms with Gasteiger partial charge in [-0.05, 0) is 34.9 Å². The summed E-state index contributed by atoms with van der Waals surface area (Å²) >= 11 is 5.83. The first kappa shape index (κ1) is 12.4. The standard InChI is InChI=1S/C16H13ClO2/c17-15-5-1-11(2-6-15)7-16(18)12-3-4-13-9-19-10-14(13)8-12/h1-6,8H,7,9-10H2. The van der Waals surface area contributed by atoms with Crippen LogP contribution >= 0.6 is 11.6 Å². The van der Waals surface area contributed by atoms with Crippen LogP contribution < -0.4 is 0 Å². The molecule has 0 bridgehead atoms. The van der Waals surface area contributed by atoms with Gasteiger partial charge in [0.05, 0.1) is 13.2 Å². The van der Waals surface area contributed by atoms with Gasteiger partial charge in [-0.15, -0.1) is 0 Å². The number of ether oxygens (including phenoxy) is 1. The van der Waals surface area contributed by atoms with E-state index in [9.17, 15) is 4.79 Å². The van der Waals surface area contributed by atoms with Crippen molar-refractivity contribution in [1.82, 2.24) is 0 Å². The van der Waals surface area contributed by atoms with E-state index in [0.717, 1.165) is 16.7 Å². The minimum absolute atomic E-state index is 0.122. The Balaban J connectivity index is 1.78. The van der Waals surface area contributed by atoms with Crippen molar-refractivity contribution in [3.8, 4) is 0 Å². The third kappa shape index (κ3) is 2.70. The predicted octanol–water partition coefficient (Wildman–Crippen LogP) is 3.80. The highest BCUT2D eigenvalue weighted by Gasteiger charge is 2.14. The van der Waals surface area contributed by atoms with Crippen LogP contribution in [0.2, 0.25) is 5.02 Å². The molecular weight excluding hydrogens is 260 g/mol. The Kier molecular flexibility index (Phi) is 3.36. The fourth-order valence-corrected chi connectivity index (χ4v) is 2.36. The fourth-order valence-electron chi connectivity index (χ4n) is 2.24. The summed E-state index contributed by atoms with van der Waals surface area (Å²) in [5.74, 6) is 0.122. The molecule has 0 radical (unpaired) electrons. The number of carbonyl (C=O) groups excluding carboxylic acids is 1. The Hall–Kier alpha value is -1.64. The molecule has 2 aromatic carbocycles. The van der Waals surface area contributed by atoms with Crippen molar-refractivity contribution in [2.45, 2.75) is 19.6 Å². The highest BCUT2D eigenvalue weighted by molar-refractivity contribution is 6.30. The molecule has 96 valence electrons. The number of carbonyl (C=O) groups is 1. The van der Waals surface area contributed by atoms with Crippen LogP contribution in [0.15, 0.2) is 42.5 Å². The molecule has 0 spiro atoms. The molecule has 3 rings (SSSR count). The van der Waals surface area contributed by atoms with Crippen LogP contribution in [-0.4, -0.2) is 5.78 Å². The predicted molar refractivity (Wildman–Crippen MR) is 74.4 cm³/mol. The van der Waals surface area contributed by atoms with Crippen LogP contribution in [0, 0.1) is 0 Å². The van der Waals surface area contributed by atoms with Gasteiger partial charge in [0.15, 0.2) is 5.78 Å². The number of ketones is 1. The second-order valence-corrected chi connectivity index (χ2v) is 5.14. The van der Waals surface area contributed by atoms with E-state index in [1.54, 1.807) is 12.1 Å². The summed E-state index contributed by atoms with van der Waals surface area (Å²) in [4.78, 5) is 12.2. The van der Waals surface area contributed by atoms with E-state index in [-0.39, 0.29) is 5.78 Å². The number of rotatable bonds is 3. The van der Waals surface area contributed by atoms with Crippen LogP contribution in [0.1, 0.15) is 27.0 Å². The lowest BCUT2D eigenvalue weighted by Crippen LogP contribution is -2.04. The minimum atomic E-state index is 0.122. The quantitative estimate of drug-likeness (QED) is 0.795. The summed E-state index contributed by atoms with van der Waals surface area (Å²) in [6.45, 7) is 1.26. The topological polar surface area (TPSA) is 26.3 Å². The highest BCUT2D eigenvalue weighted by atomic mass is 35.5. The molecule has 0 amide bonds. The molecule has 2 aromatic rings. The first-order valence-electron chi connectivity index (χ1n) is 6.19. The molecule has 1 aliphatic rings. The molecule has 0 N–H and O–H groups in total. The third-order valence-corrected chi connectivity index (χ3v) is 3.57. The van der Waals surface area contributed by atoms with Crippen molar-refractivity contribution in [2.75, 3.05) is 0 Å². The molecule has 3 heteroatoms. The first-order chi connectivity index (χ1) is 9.22. The molecule has 1 aliphatic heterocycles. The van der Waals surface area contributed by atoms with Crippen molar-refractivity contribution in [3.05, 3.63) is 69.7 Å². The maximum Gasteiger partial charge on any atom is 0.167 e. The summed E-state index contributed by atoms with van der Waals surface area (Å²) in [6.07, 6.45) is 0.400. The van der Waals surface area contributed by atoms with Crippen molar-refractivity contribution < 1.29 is 9.53 Å². The Morgan fingerprint density at radius 3 is 2.58 bits per heavy atom. The molecule has 0 saturated heterocycles. The smallest absolute Gasteiger partial charge is 0.167 e. The SMILES string of the molecule is O=C(Cc1ccc(Cl)cc1)c1ccc2c(c1)COC2. The monoisotopic (exact) mass is 272 g/mol. The van der Waals surface area contributed by atoms with E-state index in [1.165, 1.54) is 5.56 Å². The molecule has 0 unspecified atom stereocenters. The van der Waals surface area contributed by atoms with Gasteiger partial charge in [-0.3, -0.25) is 4.79 Å². The lowest BCUT2D eigenvalue weighted by Gasteiger charge is -2.04. The molecule has 2 nitrogen and oxygen atoms in total. The lowest BCUT2D eigenvalue weighted by atomic mass is 9.99. The van der Waals surface area contributed by atoms with Crippen LogP contribution in [0.3, 0.4) is 0 Å². The van der Waals surface area contributed by atoms with Crippen molar-refractivity contribution in [3.63, 3.8) is 0 Å². The zero-order valence-corrected chi connectivity index (χ0v) is 11.1. The summed E-state index contributed by atoms with van der Waals surface area (Å²) in [6, 6.07) is 13.2. The maximum atomic E-state index is 12.2. The van der Waals surface area contributed by atoms with E-state index >= 15 is 0 Å². The number of hydrogen-bond donors (Lipinski definition) is 0. The van der Waals surface area contributed by atoms with E-state index in [2.05, 4.69) is 0 Å². The Morgan fingerprint density at radius 1 is 1.05 bits per heavy atom. The summed E-state index contributed by atoms with van der Waals surface area (Å²) < 4.78 is 5.36. The fraction of sp³-hybridized carbons (Fsp3) is 0.188. The Labute approximate surface area is 117 Å². The number of fused-ring (bicyclic) bond motifs is 1. The lowest BCUT2D eigenvalue weighted by molar-refractivity contribution is 0.0993. The van der Waals surface area contributed by atoms with Crippen LogP contribution in [0.5, 0.6) is 0 Å². The molecule has 0 fully saturated rings. The maximum absolute atomic E-state index is 12.2. The molecule has 0 aromatic heterocycles. The van der Waals surface area contributed by atoms with Gasteiger partial charge in [-0.25, -0.2) is 0 Å². The number of Topliss-reactive ketones (excluding diaryl/α,β-unsaturated/α-hetero) is 1. The largest absolute Gasteiger partial charge is 0.372 e. The molecular formula is C16H13ClO2. The third-order valence-electron chi connectivity index (χ3n) is 3.32. The van der Waals surface area contributed by atoms with Crippen molar-refractivity contribution in [1.29, 1.82) is 0 Å². The second kappa shape index (κ2) is 5.16. The number of hydrogen-bond acceptors (Lipinski definition) is 2. The van der Waals surface area contributed by atoms with Gasteiger partial charge in [0.2, 0.25) is 0 Å². The summed E-state index contributed by atoms with van der Waals surface area (Å²) in [5, 5.41) is 0.686. The van der Waals surface area contributed by atoms with E-state index < -0.39 is 0 Å². The summed E-state index contributed by atoms with van der Waals surface area (Å²) in [7, 11) is 0. The summed E-state index contributed by atoms with van der Waals surface area (Å²) in [5.41, 5.74) is 4.04. The first-order valence-corrected chi connectivity index (χ1v) is 6.57. The zero-order chi connectivity index (χ0) is 13.2. The molecule has 0 atom stereocenters. The minimum Gasteiger partial charge on any atom is -0.372 e. The van der Waals surface area contributed by atoms with Gasteiger partial charge in [0, 0.05) is 17.0 Å². The van der Waals surface area contributed by atoms with Crippen LogP contribution in [-0.2, 0) is 24.4 Å². The van der Waals surface area contributed by atoms with Crippen LogP contribution in [0.4, 0.5) is 0 Å². The van der Waals surface area contributed by atoms with E-state index in [4.69, 9.17) is 16.3 Å². The number of benzene rings is 2. The van der Waals surface area contributed by atoms with E-state index in [1.807, 2.05) is 30.3 Å². The van der Waals surface area contributed by atoms with E-state index in [0.29, 0.717) is 24.7 Å². The number of halogens is 1. The molecule has 0 saturated carbocycles.